The maximum Gasteiger partial charge on any atom is 0.328 e. The number of nitrogens with one attached hydrogen (secondary N) is 1. The molecule has 3 aliphatic heterocycles. The van der Waals surface area contributed by atoms with Crippen molar-refractivity contribution in [1.29, 1.82) is 0 Å². The lowest BCUT2D eigenvalue weighted by molar-refractivity contribution is -0.605. The number of fused-ring (bicyclic) bond motifs is 3. The molecule has 2 aromatic heterocycles. The number of esters is 2. The lowest BCUT2D eigenvalue weighted by Gasteiger charge is -2.44. The quantitative estimate of drug-likeness (QED) is 0.0851. The van der Waals surface area contributed by atoms with E-state index in [9.17, 15) is 14.8 Å². The summed E-state index contributed by atoms with van der Waals surface area (Å²) in [7, 11) is 3.06. The smallest absolute Gasteiger partial charge is 0.328 e. The molecule has 1 unspecified atom stereocenters. The predicted molar refractivity (Wildman–Crippen MR) is 195 cm³/mol. The van der Waals surface area contributed by atoms with E-state index in [-0.39, 0.29) is 35.0 Å². The van der Waals surface area contributed by atoms with E-state index >= 15 is 0 Å². The number of carbonyl (C=O) groups excluding carboxylic acids is 2. The summed E-state index contributed by atoms with van der Waals surface area (Å²) in [6, 6.07) is 18.3. The number of hydrogen-bond donors (Lipinski definition) is 1. The molecule has 270 valence electrons. The molecule has 1 N–H and O–H groups in total. The number of rotatable bonds is 15. The molecule has 10 nitrogen and oxygen atoms in total. The fourth-order valence-electron chi connectivity index (χ4n) is 6.77. The summed E-state index contributed by atoms with van der Waals surface area (Å²) in [5.74, 6) is 0.737. The fraction of sp³-hybridized carbons (Fsp3) is 0.395. The summed E-state index contributed by atoms with van der Waals surface area (Å²) in [6.07, 6.45) is 4.57. The second-order valence-corrected chi connectivity index (χ2v) is 14.9. The Morgan fingerprint density at radius 1 is 0.961 bits per heavy atom. The van der Waals surface area contributed by atoms with Crippen LogP contribution in [0.2, 0.25) is 10.0 Å². The zero-order chi connectivity index (χ0) is 35.9. The van der Waals surface area contributed by atoms with Crippen molar-refractivity contribution in [3.05, 3.63) is 115 Å². The average Bonchev–Trinajstić information content (AvgIpc) is 3.58. The maximum atomic E-state index is 13.5. The minimum Gasteiger partial charge on any atom is -0.619 e. The van der Waals surface area contributed by atoms with Gasteiger partial charge < -0.3 is 29.5 Å². The van der Waals surface area contributed by atoms with Gasteiger partial charge in [-0.2, -0.15) is 4.73 Å². The number of carbonyl (C=O) groups is 2. The van der Waals surface area contributed by atoms with E-state index in [0.29, 0.717) is 46.2 Å². The van der Waals surface area contributed by atoms with Gasteiger partial charge >= 0.3 is 11.9 Å². The molecular weight excluding hydrogens is 713 g/mol. The largest absolute Gasteiger partial charge is 0.619 e. The Balaban J connectivity index is 1.09. The van der Waals surface area contributed by atoms with Gasteiger partial charge in [0.05, 0.1) is 20.6 Å². The highest BCUT2D eigenvalue weighted by atomic mass is 35.5. The standard InChI is InChI=1S/C38H41Cl2N3O7S/c1-47-32-11-8-26(18-34(32)48-2)33(20-29-30(39)21-43(46)22-31(29)40)49-36(44)19-28-10-9-27(51-28)12-15-41-37(25-6-4-3-5-7-25)38(45)50-35-23-42-16-13-24(35)14-17-42/h3-11,18,21-22,24,33,35,37,41H,12-17,19-20,23H2,1-2H3/t33-,35-,37?/m0/s1. The summed E-state index contributed by atoms with van der Waals surface area (Å²) in [5, 5.41) is 15.6. The van der Waals surface area contributed by atoms with Crippen LogP contribution in [0.15, 0.2) is 73.1 Å². The van der Waals surface area contributed by atoms with Gasteiger partial charge in [-0.15, -0.1) is 11.3 Å². The summed E-state index contributed by atoms with van der Waals surface area (Å²) in [4.78, 5) is 31.2. The Hall–Kier alpha value is -3.87. The molecule has 0 radical (unpaired) electrons. The van der Waals surface area contributed by atoms with E-state index in [1.54, 1.807) is 18.2 Å². The van der Waals surface area contributed by atoms with Crippen molar-refractivity contribution >= 4 is 46.5 Å². The second kappa shape index (κ2) is 17.1. The second-order valence-electron chi connectivity index (χ2n) is 12.8. The molecular formula is C38H41Cl2N3O7S. The number of pyridine rings is 1. The van der Waals surface area contributed by atoms with Gasteiger partial charge in [-0.3, -0.25) is 9.69 Å². The predicted octanol–water partition coefficient (Wildman–Crippen LogP) is 6.29. The van der Waals surface area contributed by atoms with Gasteiger partial charge in [0.15, 0.2) is 23.9 Å². The van der Waals surface area contributed by atoms with Crippen LogP contribution in [-0.2, 0) is 38.3 Å². The van der Waals surface area contributed by atoms with Crippen LogP contribution in [0, 0.1) is 11.1 Å². The van der Waals surface area contributed by atoms with E-state index < -0.39 is 18.1 Å². The minimum atomic E-state index is -0.783. The number of ether oxygens (including phenoxy) is 4. The third-order valence-corrected chi connectivity index (χ3v) is 11.3. The molecule has 2 aromatic carbocycles. The van der Waals surface area contributed by atoms with Gasteiger partial charge in [-0.05, 0) is 73.7 Å². The van der Waals surface area contributed by atoms with Crippen molar-refractivity contribution in [2.75, 3.05) is 40.4 Å². The molecule has 3 aliphatic rings. The van der Waals surface area contributed by atoms with Crippen LogP contribution in [0.5, 0.6) is 11.5 Å². The van der Waals surface area contributed by atoms with Gasteiger partial charge in [-0.1, -0.05) is 59.6 Å². The molecule has 3 saturated heterocycles. The van der Waals surface area contributed by atoms with E-state index in [0.717, 1.165) is 47.8 Å². The monoisotopic (exact) mass is 753 g/mol. The molecule has 5 heterocycles. The number of thiophene rings is 1. The van der Waals surface area contributed by atoms with Crippen molar-refractivity contribution in [3.8, 4) is 11.5 Å². The molecule has 3 fully saturated rings. The first-order valence-electron chi connectivity index (χ1n) is 17.0. The number of nitrogens with zero attached hydrogens (tertiary/aromatic N) is 2. The topological polar surface area (TPSA) is 113 Å². The zero-order valence-electron chi connectivity index (χ0n) is 28.5. The molecule has 2 bridgehead atoms. The van der Waals surface area contributed by atoms with Crippen molar-refractivity contribution in [3.63, 3.8) is 0 Å². The van der Waals surface area contributed by atoms with Crippen molar-refractivity contribution in [2.24, 2.45) is 5.92 Å². The van der Waals surface area contributed by atoms with Gasteiger partial charge in [0.2, 0.25) is 0 Å². The van der Waals surface area contributed by atoms with Crippen molar-refractivity contribution in [1.82, 2.24) is 10.2 Å². The Labute approximate surface area is 311 Å². The Morgan fingerprint density at radius 2 is 1.67 bits per heavy atom. The molecule has 7 rings (SSSR count). The van der Waals surface area contributed by atoms with Crippen LogP contribution in [0.25, 0.3) is 0 Å². The highest BCUT2D eigenvalue weighted by Gasteiger charge is 2.38. The third-order valence-electron chi connectivity index (χ3n) is 9.49. The summed E-state index contributed by atoms with van der Waals surface area (Å²) < 4.78 is 23.5. The van der Waals surface area contributed by atoms with Crippen molar-refractivity contribution in [2.45, 2.75) is 50.4 Å². The zero-order valence-corrected chi connectivity index (χ0v) is 30.8. The van der Waals surface area contributed by atoms with E-state index in [4.69, 9.17) is 42.1 Å². The van der Waals surface area contributed by atoms with Crippen LogP contribution >= 0.6 is 34.5 Å². The summed E-state index contributed by atoms with van der Waals surface area (Å²) in [6.45, 7) is 3.52. The first-order chi connectivity index (χ1) is 24.7. The number of aromatic nitrogens is 1. The van der Waals surface area contributed by atoms with Crippen LogP contribution in [-0.4, -0.2) is 63.3 Å². The molecule has 13 heteroatoms. The molecule has 0 aliphatic carbocycles. The first kappa shape index (κ1) is 36.9. The SMILES string of the molecule is COc1ccc([C@H](Cc2c(Cl)c[n+]([O-])cc2Cl)OC(=O)Cc2ccc(CCNC(C(=O)O[C@H]3CN4CCC3CC4)c3ccccc3)s2)cc1OC. The minimum absolute atomic E-state index is 0.0528. The lowest BCUT2D eigenvalue weighted by atomic mass is 9.86. The summed E-state index contributed by atoms with van der Waals surface area (Å²) in [5.41, 5.74) is 1.99. The molecule has 3 atom stereocenters. The van der Waals surface area contributed by atoms with E-state index in [2.05, 4.69) is 10.2 Å². The number of benzene rings is 2. The lowest BCUT2D eigenvalue weighted by Crippen LogP contribution is -2.52. The number of methoxy groups -OCH3 is 2. The average molecular weight is 755 g/mol. The van der Waals surface area contributed by atoms with Gasteiger partial charge in [0.25, 0.3) is 0 Å². The molecule has 4 aromatic rings. The van der Waals surface area contributed by atoms with Crippen molar-refractivity contribution < 1.29 is 33.3 Å². The van der Waals surface area contributed by atoms with E-state index in [1.165, 1.54) is 38.0 Å². The normalized spacial score (nSPS) is 19.3. The van der Waals surface area contributed by atoms with Crippen LogP contribution in [0.3, 0.4) is 0 Å². The van der Waals surface area contributed by atoms with Gasteiger partial charge in [0, 0.05) is 34.8 Å². The Morgan fingerprint density at radius 3 is 2.33 bits per heavy atom. The molecule has 0 amide bonds. The first-order valence-corrected chi connectivity index (χ1v) is 18.5. The van der Waals surface area contributed by atoms with Gasteiger partial charge in [0.1, 0.15) is 28.3 Å². The highest BCUT2D eigenvalue weighted by Crippen LogP contribution is 2.36. The Kier molecular flexibility index (Phi) is 12.4. The Bertz CT molecular complexity index is 1790. The number of hydrogen-bond acceptors (Lipinski definition) is 10. The third kappa shape index (κ3) is 9.33. The molecule has 51 heavy (non-hydrogen) atoms. The maximum absolute atomic E-state index is 13.5. The highest BCUT2D eigenvalue weighted by molar-refractivity contribution is 7.12. The summed E-state index contributed by atoms with van der Waals surface area (Å²) >= 11 is 14.3. The molecule has 0 saturated carbocycles. The van der Waals surface area contributed by atoms with E-state index in [1.807, 2.05) is 42.5 Å². The van der Waals surface area contributed by atoms with Crippen LogP contribution in [0.4, 0.5) is 0 Å². The molecule has 0 spiro atoms. The fourth-order valence-corrected chi connectivity index (χ4v) is 8.37. The van der Waals surface area contributed by atoms with Gasteiger partial charge in [-0.25, -0.2) is 4.79 Å². The van der Waals surface area contributed by atoms with Crippen LogP contribution in [0.1, 0.15) is 51.4 Å². The number of piperidine rings is 3. The van der Waals surface area contributed by atoms with Crippen LogP contribution < -0.4 is 19.5 Å². The number of halogens is 2.